The summed E-state index contributed by atoms with van der Waals surface area (Å²) in [5.41, 5.74) is -2.65. The number of ether oxygens (including phenoxy) is 1. The van der Waals surface area contributed by atoms with Crippen molar-refractivity contribution in [3.05, 3.63) is 12.2 Å². The molecule has 0 saturated carbocycles. The van der Waals surface area contributed by atoms with Crippen LogP contribution in [0.1, 0.15) is 52.4 Å². The van der Waals surface area contributed by atoms with E-state index in [0.717, 1.165) is 26.4 Å². The standard InChI is InChI=1S/C16H26O6/c1-5-7-8-12(6-2)9-16(15(20)21,10-13(17)22-4)11(3)14(18)19/h12H,3,5-10H2,1-2,4H3,(H,18,19)(H,20,21)/p-2. The first-order chi connectivity index (χ1) is 10.2. The third-order valence-electron chi connectivity index (χ3n) is 4.07. The van der Waals surface area contributed by atoms with Gasteiger partial charge in [-0.2, -0.15) is 0 Å². The Morgan fingerprint density at radius 2 is 1.82 bits per heavy atom. The van der Waals surface area contributed by atoms with Gasteiger partial charge in [0.05, 0.1) is 25.5 Å². The van der Waals surface area contributed by atoms with Crippen molar-refractivity contribution in [1.29, 1.82) is 0 Å². The van der Waals surface area contributed by atoms with Gasteiger partial charge in [0.25, 0.3) is 0 Å². The lowest BCUT2D eigenvalue weighted by atomic mass is 9.70. The van der Waals surface area contributed by atoms with E-state index in [1.165, 1.54) is 0 Å². The van der Waals surface area contributed by atoms with Gasteiger partial charge in [0, 0.05) is 5.41 Å². The van der Waals surface area contributed by atoms with E-state index < -0.39 is 35.3 Å². The molecule has 0 aromatic carbocycles. The molecule has 0 bridgehead atoms. The van der Waals surface area contributed by atoms with E-state index in [1.807, 2.05) is 13.8 Å². The zero-order chi connectivity index (χ0) is 17.3. The van der Waals surface area contributed by atoms with Crippen molar-refractivity contribution in [2.75, 3.05) is 7.11 Å². The smallest absolute Gasteiger partial charge is 0.306 e. The van der Waals surface area contributed by atoms with Gasteiger partial charge in [-0.05, 0) is 17.9 Å². The molecule has 0 amide bonds. The van der Waals surface area contributed by atoms with E-state index in [0.29, 0.717) is 6.42 Å². The van der Waals surface area contributed by atoms with Crippen molar-refractivity contribution in [2.24, 2.45) is 11.3 Å². The fourth-order valence-corrected chi connectivity index (χ4v) is 2.53. The van der Waals surface area contributed by atoms with Gasteiger partial charge < -0.3 is 24.5 Å². The highest BCUT2D eigenvalue weighted by molar-refractivity contribution is 5.96. The molecule has 0 aliphatic rings. The molecule has 0 radical (unpaired) electrons. The van der Waals surface area contributed by atoms with Gasteiger partial charge >= 0.3 is 5.97 Å². The van der Waals surface area contributed by atoms with E-state index in [4.69, 9.17) is 0 Å². The van der Waals surface area contributed by atoms with Crippen LogP contribution >= 0.6 is 0 Å². The Bertz CT molecular complexity index is 428. The summed E-state index contributed by atoms with van der Waals surface area (Å²) in [6, 6.07) is 0. The molecule has 22 heavy (non-hydrogen) atoms. The molecule has 0 aromatic rings. The van der Waals surface area contributed by atoms with Crippen LogP contribution < -0.4 is 10.2 Å². The maximum atomic E-state index is 11.7. The Hall–Kier alpha value is -1.85. The molecule has 2 atom stereocenters. The lowest BCUT2D eigenvalue weighted by molar-refractivity contribution is -0.323. The van der Waals surface area contributed by atoms with Crippen molar-refractivity contribution < 1.29 is 29.3 Å². The number of unbranched alkanes of at least 4 members (excludes halogenated alkanes) is 1. The number of esters is 1. The Kier molecular flexibility index (Phi) is 8.45. The summed E-state index contributed by atoms with van der Waals surface area (Å²) in [6.45, 7) is 7.21. The van der Waals surface area contributed by atoms with Gasteiger partial charge in [0.1, 0.15) is 0 Å². The van der Waals surface area contributed by atoms with Gasteiger partial charge in [-0.1, -0.05) is 46.1 Å². The molecule has 0 saturated heterocycles. The second-order valence-electron chi connectivity index (χ2n) is 5.51. The van der Waals surface area contributed by atoms with E-state index in [9.17, 15) is 24.6 Å². The SMILES string of the molecule is C=C(C(=O)[O-])C(CC(=O)OC)(CC(CC)CCCC)C(=O)[O-]. The van der Waals surface area contributed by atoms with E-state index >= 15 is 0 Å². The number of hydrogen-bond acceptors (Lipinski definition) is 6. The second-order valence-corrected chi connectivity index (χ2v) is 5.51. The second kappa shape index (κ2) is 9.23. The van der Waals surface area contributed by atoms with Crippen LogP contribution in [0.15, 0.2) is 12.2 Å². The third-order valence-corrected chi connectivity index (χ3v) is 4.07. The molecule has 0 aromatic heterocycles. The predicted molar refractivity (Wildman–Crippen MR) is 76.1 cm³/mol. The number of carbonyl (C=O) groups excluding carboxylic acids is 3. The zero-order valence-electron chi connectivity index (χ0n) is 13.5. The highest BCUT2D eigenvalue weighted by Crippen LogP contribution is 2.39. The molecule has 0 spiro atoms. The number of hydrogen-bond donors (Lipinski definition) is 0. The van der Waals surface area contributed by atoms with Crippen LogP contribution in [-0.2, 0) is 19.1 Å². The van der Waals surface area contributed by atoms with Crippen LogP contribution in [0.4, 0.5) is 0 Å². The molecule has 0 N–H and O–H groups in total. The van der Waals surface area contributed by atoms with Gasteiger partial charge in [0.2, 0.25) is 0 Å². The number of rotatable bonds is 11. The van der Waals surface area contributed by atoms with E-state index in [2.05, 4.69) is 11.3 Å². The first-order valence-electron chi connectivity index (χ1n) is 7.44. The molecule has 126 valence electrons. The Morgan fingerprint density at radius 1 is 1.23 bits per heavy atom. The van der Waals surface area contributed by atoms with Crippen LogP contribution in [-0.4, -0.2) is 25.0 Å². The summed E-state index contributed by atoms with van der Waals surface area (Å²) in [5, 5.41) is 22.8. The quantitative estimate of drug-likeness (QED) is 0.398. The van der Waals surface area contributed by atoms with E-state index in [-0.39, 0.29) is 12.3 Å². The topological polar surface area (TPSA) is 107 Å². The lowest BCUT2D eigenvalue weighted by Crippen LogP contribution is -2.50. The first-order valence-corrected chi connectivity index (χ1v) is 7.44. The molecule has 0 aliphatic heterocycles. The highest BCUT2D eigenvalue weighted by Gasteiger charge is 2.40. The van der Waals surface area contributed by atoms with Crippen LogP contribution in [0.2, 0.25) is 0 Å². The Labute approximate surface area is 131 Å². The fraction of sp³-hybridized carbons (Fsp3) is 0.688. The third kappa shape index (κ3) is 5.16. The average molecular weight is 312 g/mol. The maximum Gasteiger partial charge on any atom is 0.306 e. The highest BCUT2D eigenvalue weighted by atomic mass is 16.5. The van der Waals surface area contributed by atoms with Crippen molar-refractivity contribution in [1.82, 2.24) is 0 Å². The number of methoxy groups -OCH3 is 1. The molecule has 0 heterocycles. The van der Waals surface area contributed by atoms with Crippen LogP contribution in [0, 0.1) is 11.3 Å². The van der Waals surface area contributed by atoms with Crippen molar-refractivity contribution in [2.45, 2.75) is 52.4 Å². The van der Waals surface area contributed by atoms with Gasteiger partial charge in [0.15, 0.2) is 0 Å². The molecule has 6 heteroatoms. The number of aliphatic carboxylic acids is 2. The molecule has 0 rings (SSSR count). The average Bonchev–Trinajstić information content (AvgIpc) is 2.48. The fourth-order valence-electron chi connectivity index (χ4n) is 2.53. The minimum absolute atomic E-state index is 0.0340. The van der Waals surface area contributed by atoms with Crippen LogP contribution in [0.3, 0.4) is 0 Å². The van der Waals surface area contributed by atoms with Crippen molar-refractivity contribution in [3.8, 4) is 0 Å². The zero-order valence-corrected chi connectivity index (χ0v) is 13.5. The molecule has 0 fully saturated rings. The normalized spacial score (nSPS) is 14.7. The van der Waals surface area contributed by atoms with Crippen molar-refractivity contribution in [3.63, 3.8) is 0 Å². The number of carboxylic acid groups (broad SMARTS) is 2. The maximum absolute atomic E-state index is 11.7. The van der Waals surface area contributed by atoms with Gasteiger partial charge in [-0.25, -0.2) is 0 Å². The minimum Gasteiger partial charge on any atom is -0.549 e. The number of carboxylic acids is 2. The number of carbonyl (C=O) groups is 3. The van der Waals surface area contributed by atoms with E-state index in [1.54, 1.807) is 0 Å². The Morgan fingerprint density at radius 3 is 2.18 bits per heavy atom. The molecule has 0 aliphatic carbocycles. The monoisotopic (exact) mass is 312 g/mol. The van der Waals surface area contributed by atoms with Crippen molar-refractivity contribution >= 4 is 17.9 Å². The van der Waals surface area contributed by atoms with Crippen LogP contribution in [0.25, 0.3) is 0 Å². The molecular formula is C16H24O6-2. The molecule has 6 nitrogen and oxygen atoms in total. The molecular weight excluding hydrogens is 288 g/mol. The summed E-state index contributed by atoms with van der Waals surface area (Å²) in [6.07, 6.45) is 2.57. The minimum atomic E-state index is -2.00. The summed E-state index contributed by atoms with van der Waals surface area (Å²) < 4.78 is 4.50. The van der Waals surface area contributed by atoms with Gasteiger partial charge in [-0.15, -0.1) is 0 Å². The lowest BCUT2D eigenvalue weighted by Gasteiger charge is -2.39. The summed E-state index contributed by atoms with van der Waals surface area (Å²) in [5.74, 6) is -4.21. The first kappa shape index (κ1) is 20.1. The summed E-state index contributed by atoms with van der Waals surface area (Å²) in [7, 11) is 1.11. The molecule has 2 unspecified atom stereocenters. The summed E-state index contributed by atoms with van der Waals surface area (Å²) in [4.78, 5) is 34.4. The Balaban J connectivity index is 5.61. The largest absolute Gasteiger partial charge is 0.549 e. The summed E-state index contributed by atoms with van der Waals surface area (Å²) >= 11 is 0. The van der Waals surface area contributed by atoms with Crippen LogP contribution in [0.5, 0.6) is 0 Å². The van der Waals surface area contributed by atoms with Gasteiger partial charge in [-0.3, -0.25) is 4.79 Å². The predicted octanol–water partition coefficient (Wildman–Crippen LogP) is 0.198.